The van der Waals surface area contributed by atoms with E-state index in [1.165, 1.54) is 6.33 Å². The number of azide groups is 1. The van der Waals surface area contributed by atoms with E-state index in [1.807, 2.05) is 0 Å². The number of hydrogen-bond donors (Lipinski definition) is 1. The third-order valence-corrected chi connectivity index (χ3v) is 2.25. The van der Waals surface area contributed by atoms with Gasteiger partial charge >= 0.3 is 0 Å². The van der Waals surface area contributed by atoms with Crippen molar-refractivity contribution in [1.29, 1.82) is 0 Å². The summed E-state index contributed by atoms with van der Waals surface area (Å²) in [4.78, 5) is 6.51. The van der Waals surface area contributed by atoms with Crippen LogP contribution in [0.25, 0.3) is 10.4 Å². The molecular weight excluding hydrogens is 218 g/mol. The Morgan fingerprint density at radius 1 is 1.53 bits per heavy atom. The van der Waals surface area contributed by atoms with Crippen molar-refractivity contribution in [2.45, 2.75) is 12.6 Å². The van der Waals surface area contributed by atoms with Gasteiger partial charge in [0.2, 0.25) is 0 Å². The van der Waals surface area contributed by atoms with Crippen LogP contribution in [0.1, 0.15) is 13.0 Å². The minimum Gasteiger partial charge on any atom is -0.387 e. The first-order valence-electron chi connectivity index (χ1n) is 5.45. The Bertz CT molecular complexity index is 558. The fraction of sp³-hybridized carbons (Fsp3) is 0.182. The first kappa shape index (κ1) is 9.89. The molecule has 0 bridgehead atoms. The van der Waals surface area contributed by atoms with Crippen LogP contribution in [0.4, 0.5) is 5.69 Å². The van der Waals surface area contributed by atoms with Crippen LogP contribution in [0.5, 0.6) is 0 Å². The summed E-state index contributed by atoms with van der Waals surface area (Å²) in [6, 6.07) is 6.24. The molecule has 6 heteroatoms. The molecule has 0 spiro atoms. The number of rotatable bonds is 4. The summed E-state index contributed by atoms with van der Waals surface area (Å²) < 4.78 is 9.54. The number of hydrogen-bond acceptors (Lipinski definition) is 3. The molecule has 1 heterocycles. The largest absolute Gasteiger partial charge is 0.387 e. The molecule has 1 aromatic heterocycles. The predicted octanol–water partition coefficient (Wildman–Crippen LogP) is 2.56. The minimum absolute atomic E-state index is 0.0772. The lowest BCUT2D eigenvalue weighted by molar-refractivity contribution is 0.156. The van der Waals surface area contributed by atoms with Gasteiger partial charge in [-0.3, -0.25) is 0 Å². The summed E-state index contributed by atoms with van der Waals surface area (Å²) in [6.07, 6.45) is 3.04. The SMILES string of the molecule is [3H]C(O)(Cn1ccnc1)c1ccc(N=[N+]=[N-])cc1. The molecule has 6 nitrogen and oxygen atoms in total. The molecule has 2 rings (SSSR count). The fourth-order valence-electron chi connectivity index (χ4n) is 1.42. The van der Waals surface area contributed by atoms with Crippen LogP contribution >= 0.6 is 0 Å². The maximum atomic E-state index is 10.1. The second-order valence-corrected chi connectivity index (χ2v) is 3.42. The van der Waals surface area contributed by atoms with Gasteiger partial charge in [0.15, 0.2) is 0 Å². The zero-order chi connectivity index (χ0) is 13.0. The predicted molar refractivity (Wildman–Crippen MR) is 62.4 cm³/mol. The molecule has 1 N–H and O–H groups in total. The van der Waals surface area contributed by atoms with Gasteiger partial charge in [0.05, 0.1) is 20.3 Å². The van der Waals surface area contributed by atoms with Crippen molar-refractivity contribution in [3.05, 3.63) is 59.0 Å². The lowest BCUT2D eigenvalue weighted by atomic mass is 10.1. The van der Waals surface area contributed by atoms with Crippen molar-refractivity contribution in [2.75, 3.05) is 0 Å². The molecule has 0 fully saturated rings. The summed E-state index contributed by atoms with van der Waals surface area (Å²) >= 11 is 0. The van der Waals surface area contributed by atoms with Crippen molar-refractivity contribution >= 4 is 5.69 Å². The van der Waals surface area contributed by atoms with Crippen LogP contribution in [0.2, 0.25) is 0 Å². The number of imidazole rings is 1. The third-order valence-electron chi connectivity index (χ3n) is 2.25. The summed E-state index contributed by atoms with van der Waals surface area (Å²) in [7, 11) is 0. The molecule has 0 saturated carbocycles. The Balaban J connectivity index is 2.21. The van der Waals surface area contributed by atoms with Crippen molar-refractivity contribution < 1.29 is 6.48 Å². The summed E-state index contributed by atoms with van der Waals surface area (Å²) in [5.74, 6) is 0. The quantitative estimate of drug-likeness (QED) is 0.498. The molecule has 1 atom stereocenters. The molecule has 0 radical (unpaired) electrons. The zero-order valence-electron chi connectivity index (χ0n) is 9.93. The topological polar surface area (TPSA) is 86.8 Å². The molecule has 0 saturated heterocycles. The Morgan fingerprint density at radius 3 is 2.88 bits per heavy atom. The van der Waals surface area contributed by atoms with E-state index in [2.05, 4.69) is 15.0 Å². The third kappa shape index (κ3) is 2.84. The molecule has 86 valence electrons. The molecule has 0 amide bonds. The van der Waals surface area contributed by atoms with Gasteiger partial charge in [-0.05, 0) is 11.1 Å². The van der Waals surface area contributed by atoms with Crippen molar-refractivity contribution in [1.82, 2.24) is 9.55 Å². The van der Waals surface area contributed by atoms with Crippen molar-refractivity contribution in [3.63, 3.8) is 0 Å². The van der Waals surface area contributed by atoms with Crippen LogP contribution < -0.4 is 0 Å². The average molecular weight is 231 g/mol. The van der Waals surface area contributed by atoms with Gasteiger partial charge < -0.3 is 9.67 Å². The van der Waals surface area contributed by atoms with Crippen LogP contribution in [0.3, 0.4) is 0 Å². The van der Waals surface area contributed by atoms with Gasteiger partial charge in [-0.25, -0.2) is 4.98 Å². The Hall–Kier alpha value is -2.30. The van der Waals surface area contributed by atoms with E-state index in [4.69, 9.17) is 6.90 Å². The average Bonchev–Trinajstić information content (AvgIpc) is 2.82. The van der Waals surface area contributed by atoms with E-state index < -0.39 is 6.08 Å². The monoisotopic (exact) mass is 231 g/mol. The first-order chi connectivity index (χ1) is 8.62. The van der Waals surface area contributed by atoms with Gasteiger partial charge in [0.25, 0.3) is 0 Å². The normalized spacial score (nSPS) is 14.5. The van der Waals surface area contributed by atoms with Crippen molar-refractivity contribution in [3.8, 4) is 0 Å². The molecule has 1 aromatic carbocycles. The smallest absolute Gasteiger partial charge is 0.0969 e. The van der Waals surface area contributed by atoms with E-state index in [1.54, 1.807) is 41.2 Å². The second-order valence-electron chi connectivity index (χ2n) is 3.42. The standard InChI is InChI=1S/C11H11N5O/c12-15-14-10-3-1-9(2-4-10)11(17)7-16-6-5-13-8-16/h1-6,8,11,17H,7H2/i11T. The van der Waals surface area contributed by atoms with E-state index in [0.29, 0.717) is 11.3 Å². The van der Waals surface area contributed by atoms with Crippen LogP contribution in [-0.2, 0) is 6.54 Å². The molecule has 17 heavy (non-hydrogen) atoms. The molecular formula is C11H11N5O. The maximum Gasteiger partial charge on any atom is 0.0969 e. The van der Waals surface area contributed by atoms with Gasteiger partial charge in [-0.15, -0.1) is 0 Å². The lowest BCUT2D eigenvalue weighted by Crippen LogP contribution is -2.06. The molecule has 0 aliphatic heterocycles. The number of aliphatic hydroxyl groups is 1. The second kappa shape index (κ2) is 5.16. The number of aromatic nitrogens is 2. The van der Waals surface area contributed by atoms with Crippen LogP contribution in [0.15, 0.2) is 48.1 Å². The Labute approximate surface area is 99.2 Å². The highest BCUT2D eigenvalue weighted by Gasteiger charge is 2.07. The van der Waals surface area contributed by atoms with Crippen molar-refractivity contribution in [2.24, 2.45) is 5.11 Å². The molecule has 1 unspecified atom stereocenters. The summed E-state index contributed by atoms with van der Waals surface area (Å²) in [5.41, 5.74) is 9.15. The van der Waals surface area contributed by atoms with E-state index in [0.717, 1.165) is 0 Å². The number of nitrogens with zero attached hydrogens (tertiary/aromatic N) is 5. The highest BCUT2D eigenvalue weighted by atomic mass is 16.3. The molecule has 2 aromatic rings. The van der Waals surface area contributed by atoms with Crippen LogP contribution in [-0.4, -0.2) is 14.7 Å². The molecule has 0 aliphatic rings. The summed E-state index contributed by atoms with van der Waals surface area (Å²) in [5, 5.41) is 13.5. The maximum absolute atomic E-state index is 10.1. The first-order valence-corrected chi connectivity index (χ1v) is 4.95. The lowest BCUT2D eigenvalue weighted by Gasteiger charge is -2.11. The Kier molecular flexibility index (Phi) is 3.00. The van der Waals surface area contributed by atoms with Gasteiger partial charge in [-0.2, -0.15) is 0 Å². The molecule has 0 aliphatic carbocycles. The van der Waals surface area contributed by atoms with E-state index >= 15 is 0 Å². The van der Waals surface area contributed by atoms with Gasteiger partial charge in [-0.1, -0.05) is 29.4 Å². The fourth-order valence-corrected chi connectivity index (χ4v) is 1.42. The van der Waals surface area contributed by atoms with Crippen LogP contribution in [0, 0.1) is 0 Å². The van der Waals surface area contributed by atoms with E-state index in [9.17, 15) is 5.11 Å². The summed E-state index contributed by atoms with van der Waals surface area (Å²) in [6.45, 7) is 0.0772. The van der Waals surface area contributed by atoms with Gasteiger partial charge in [0.1, 0.15) is 0 Å². The minimum atomic E-state index is -1.75. The highest BCUT2D eigenvalue weighted by Crippen LogP contribution is 2.19. The zero-order valence-corrected chi connectivity index (χ0v) is 8.93. The highest BCUT2D eigenvalue weighted by molar-refractivity contribution is 5.39. The number of benzene rings is 1. The van der Waals surface area contributed by atoms with E-state index in [-0.39, 0.29) is 6.54 Å². The Morgan fingerprint density at radius 2 is 2.29 bits per heavy atom. The van der Waals surface area contributed by atoms with Gasteiger partial charge in [0, 0.05) is 23.0 Å².